The molecule has 1 aromatic carbocycles. The van der Waals surface area contributed by atoms with Gasteiger partial charge in [0.1, 0.15) is 5.75 Å². The summed E-state index contributed by atoms with van der Waals surface area (Å²) in [6.07, 6.45) is 0.997. The van der Waals surface area contributed by atoms with E-state index in [1.54, 1.807) is 7.11 Å². The third-order valence-corrected chi connectivity index (χ3v) is 2.81. The number of carbonyl (C=O) groups is 1. The molecule has 0 heterocycles. The molecule has 0 unspecified atom stereocenters. The summed E-state index contributed by atoms with van der Waals surface area (Å²) in [6.45, 7) is 4.91. The molecule has 5 heteroatoms. The Morgan fingerprint density at radius 1 is 1.15 bits per heavy atom. The fraction of sp³-hybridized carbons (Fsp3) is 0.533. The number of benzene rings is 1. The van der Waals surface area contributed by atoms with E-state index in [0.29, 0.717) is 13.2 Å². The summed E-state index contributed by atoms with van der Waals surface area (Å²) in [4.78, 5) is 11.5. The molecule has 20 heavy (non-hydrogen) atoms. The van der Waals surface area contributed by atoms with Crippen molar-refractivity contribution in [2.75, 3.05) is 40.0 Å². The highest BCUT2D eigenvalue weighted by atomic mass is 16.5. The summed E-state index contributed by atoms with van der Waals surface area (Å²) in [5, 5.41) is 5.93. The molecule has 0 aliphatic rings. The fourth-order valence-corrected chi connectivity index (χ4v) is 1.61. The van der Waals surface area contributed by atoms with Crippen LogP contribution in [0.2, 0.25) is 0 Å². The number of amides is 1. The summed E-state index contributed by atoms with van der Waals surface area (Å²) in [5.41, 5.74) is 1.25. The van der Waals surface area contributed by atoms with Crippen LogP contribution in [0.3, 0.4) is 0 Å². The lowest BCUT2D eigenvalue weighted by Gasteiger charge is -2.08. The van der Waals surface area contributed by atoms with Gasteiger partial charge in [0.05, 0.1) is 6.61 Å². The SMILES string of the molecule is CCc1ccc(OCC(=O)NCCNCCOC)cc1. The maximum Gasteiger partial charge on any atom is 0.257 e. The normalized spacial score (nSPS) is 10.3. The van der Waals surface area contributed by atoms with Gasteiger partial charge in [-0.3, -0.25) is 4.79 Å². The predicted molar refractivity (Wildman–Crippen MR) is 79.1 cm³/mol. The van der Waals surface area contributed by atoms with Crippen molar-refractivity contribution < 1.29 is 14.3 Å². The molecule has 1 rings (SSSR count). The van der Waals surface area contributed by atoms with Crippen LogP contribution < -0.4 is 15.4 Å². The lowest BCUT2D eigenvalue weighted by atomic mass is 10.2. The lowest BCUT2D eigenvalue weighted by Crippen LogP contribution is -2.35. The van der Waals surface area contributed by atoms with Crippen molar-refractivity contribution in [3.8, 4) is 5.75 Å². The first kappa shape index (κ1) is 16.5. The zero-order chi connectivity index (χ0) is 14.6. The topological polar surface area (TPSA) is 59.6 Å². The van der Waals surface area contributed by atoms with Gasteiger partial charge in [-0.05, 0) is 24.1 Å². The van der Waals surface area contributed by atoms with Crippen molar-refractivity contribution in [3.63, 3.8) is 0 Å². The summed E-state index contributed by atoms with van der Waals surface area (Å²) in [7, 11) is 1.66. The van der Waals surface area contributed by atoms with Crippen LogP contribution in [0.1, 0.15) is 12.5 Å². The molecule has 0 aliphatic carbocycles. The van der Waals surface area contributed by atoms with Crippen molar-refractivity contribution in [1.29, 1.82) is 0 Å². The van der Waals surface area contributed by atoms with E-state index >= 15 is 0 Å². The number of carbonyl (C=O) groups excluding carboxylic acids is 1. The van der Waals surface area contributed by atoms with Crippen LogP contribution >= 0.6 is 0 Å². The van der Waals surface area contributed by atoms with Crippen LogP contribution in [0, 0.1) is 0 Å². The van der Waals surface area contributed by atoms with Gasteiger partial charge in [0.2, 0.25) is 0 Å². The first-order valence-corrected chi connectivity index (χ1v) is 6.94. The van der Waals surface area contributed by atoms with Gasteiger partial charge in [-0.25, -0.2) is 0 Å². The first-order valence-electron chi connectivity index (χ1n) is 6.94. The van der Waals surface area contributed by atoms with Crippen LogP contribution in [-0.4, -0.2) is 45.9 Å². The van der Waals surface area contributed by atoms with Crippen molar-refractivity contribution in [3.05, 3.63) is 29.8 Å². The zero-order valence-electron chi connectivity index (χ0n) is 12.3. The van der Waals surface area contributed by atoms with Crippen molar-refractivity contribution in [2.24, 2.45) is 0 Å². The maximum atomic E-state index is 11.5. The lowest BCUT2D eigenvalue weighted by molar-refractivity contribution is -0.123. The Balaban J connectivity index is 2.10. The van der Waals surface area contributed by atoms with E-state index in [2.05, 4.69) is 17.6 Å². The molecule has 0 bridgehead atoms. The molecular weight excluding hydrogens is 256 g/mol. The number of aryl methyl sites for hydroxylation is 1. The highest BCUT2D eigenvalue weighted by Gasteiger charge is 2.01. The molecule has 0 atom stereocenters. The Kier molecular flexibility index (Phi) is 8.42. The van der Waals surface area contributed by atoms with E-state index in [1.165, 1.54) is 5.56 Å². The minimum atomic E-state index is -0.113. The molecule has 0 saturated heterocycles. The van der Waals surface area contributed by atoms with Crippen molar-refractivity contribution in [1.82, 2.24) is 10.6 Å². The smallest absolute Gasteiger partial charge is 0.257 e. The summed E-state index contributed by atoms with van der Waals surface area (Å²) in [5.74, 6) is 0.605. The second-order valence-electron chi connectivity index (χ2n) is 4.38. The van der Waals surface area contributed by atoms with Crippen molar-refractivity contribution in [2.45, 2.75) is 13.3 Å². The highest BCUT2D eigenvalue weighted by molar-refractivity contribution is 5.77. The second kappa shape index (κ2) is 10.2. The first-order chi connectivity index (χ1) is 9.76. The molecule has 1 aromatic rings. The molecule has 0 spiro atoms. The maximum absolute atomic E-state index is 11.5. The van der Waals surface area contributed by atoms with Gasteiger partial charge in [0.15, 0.2) is 6.61 Å². The van der Waals surface area contributed by atoms with Crippen LogP contribution in [0.4, 0.5) is 0 Å². The average molecular weight is 280 g/mol. The summed E-state index contributed by atoms with van der Waals surface area (Å²) in [6, 6.07) is 7.79. The predicted octanol–water partition coefficient (Wildman–Crippen LogP) is 0.980. The van der Waals surface area contributed by atoms with Gasteiger partial charge in [-0.15, -0.1) is 0 Å². The van der Waals surface area contributed by atoms with Gasteiger partial charge < -0.3 is 20.1 Å². The zero-order valence-corrected chi connectivity index (χ0v) is 12.3. The van der Waals surface area contributed by atoms with E-state index in [-0.39, 0.29) is 12.5 Å². The van der Waals surface area contributed by atoms with E-state index in [9.17, 15) is 4.79 Å². The van der Waals surface area contributed by atoms with Crippen LogP contribution in [0.5, 0.6) is 5.75 Å². The molecule has 0 saturated carbocycles. The number of methoxy groups -OCH3 is 1. The highest BCUT2D eigenvalue weighted by Crippen LogP contribution is 2.12. The molecule has 0 radical (unpaired) electrons. The number of ether oxygens (including phenoxy) is 2. The molecule has 1 amide bonds. The van der Waals surface area contributed by atoms with Gasteiger partial charge >= 0.3 is 0 Å². The van der Waals surface area contributed by atoms with Gasteiger partial charge in [0.25, 0.3) is 5.91 Å². The number of nitrogens with one attached hydrogen (secondary N) is 2. The van der Waals surface area contributed by atoms with Gasteiger partial charge in [-0.2, -0.15) is 0 Å². The minimum Gasteiger partial charge on any atom is -0.484 e. The molecular formula is C15H24N2O3. The second-order valence-corrected chi connectivity index (χ2v) is 4.38. The summed E-state index contributed by atoms with van der Waals surface area (Å²) >= 11 is 0. The number of hydrogen-bond donors (Lipinski definition) is 2. The average Bonchev–Trinajstić information content (AvgIpc) is 2.49. The minimum absolute atomic E-state index is 0.0452. The van der Waals surface area contributed by atoms with Crippen LogP contribution in [0.25, 0.3) is 0 Å². The largest absolute Gasteiger partial charge is 0.484 e. The van der Waals surface area contributed by atoms with Crippen molar-refractivity contribution >= 4 is 5.91 Å². The monoisotopic (exact) mass is 280 g/mol. The Morgan fingerprint density at radius 3 is 2.55 bits per heavy atom. The fourth-order valence-electron chi connectivity index (χ4n) is 1.61. The van der Waals surface area contributed by atoms with E-state index in [4.69, 9.17) is 9.47 Å². The van der Waals surface area contributed by atoms with Crippen LogP contribution in [0.15, 0.2) is 24.3 Å². The van der Waals surface area contributed by atoms with Gasteiger partial charge in [0, 0.05) is 26.7 Å². The Morgan fingerprint density at radius 2 is 1.90 bits per heavy atom. The van der Waals surface area contributed by atoms with E-state index < -0.39 is 0 Å². The van der Waals surface area contributed by atoms with Crippen LogP contribution in [-0.2, 0) is 16.0 Å². The summed E-state index contributed by atoms with van der Waals surface area (Å²) < 4.78 is 10.3. The molecule has 0 aliphatic heterocycles. The van der Waals surface area contributed by atoms with E-state index in [0.717, 1.165) is 25.3 Å². The number of hydrogen-bond acceptors (Lipinski definition) is 4. The Hall–Kier alpha value is -1.59. The van der Waals surface area contributed by atoms with Gasteiger partial charge in [-0.1, -0.05) is 19.1 Å². The molecule has 112 valence electrons. The Labute approximate surface area is 120 Å². The third kappa shape index (κ3) is 7.11. The standard InChI is InChI=1S/C15H24N2O3/c1-3-13-4-6-14(7-5-13)20-12-15(18)17-9-8-16-10-11-19-2/h4-7,16H,3,8-12H2,1-2H3,(H,17,18). The Bertz CT molecular complexity index is 379. The molecule has 0 aromatic heterocycles. The molecule has 2 N–H and O–H groups in total. The van der Waals surface area contributed by atoms with E-state index in [1.807, 2.05) is 24.3 Å². The number of rotatable bonds is 10. The quantitative estimate of drug-likeness (QED) is 0.627. The third-order valence-electron chi connectivity index (χ3n) is 2.81. The molecule has 5 nitrogen and oxygen atoms in total. The molecule has 0 fully saturated rings.